The molecular formula is C13H9ClN4O2. The van der Waals surface area contributed by atoms with Crippen LogP contribution >= 0.6 is 11.6 Å². The monoisotopic (exact) mass is 288 g/mol. The van der Waals surface area contributed by atoms with E-state index in [1.807, 2.05) is 18.2 Å². The van der Waals surface area contributed by atoms with Crippen LogP contribution in [0.3, 0.4) is 0 Å². The Morgan fingerprint density at radius 3 is 3.00 bits per heavy atom. The topological polar surface area (TPSA) is 80.9 Å². The number of fused-ring (bicyclic) bond motifs is 1. The summed E-state index contributed by atoms with van der Waals surface area (Å²) < 4.78 is 5.14. The summed E-state index contributed by atoms with van der Waals surface area (Å²) in [7, 11) is 0. The molecular weight excluding hydrogens is 280 g/mol. The fraction of sp³-hybridized carbons (Fsp3) is 0.0769. The van der Waals surface area contributed by atoms with Crippen molar-refractivity contribution in [2.75, 3.05) is 5.32 Å². The van der Waals surface area contributed by atoms with Crippen molar-refractivity contribution in [3.8, 4) is 0 Å². The minimum absolute atomic E-state index is 0.0885. The molecule has 6 nitrogen and oxygen atoms in total. The molecule has 0 atom stereocenters. The molecule has 3 aromatic rings. The lowest BCUT2D eigenvalue weighted by atomic mass is 10.2. The largest absolute Gasteiger partial charge is 0.356 e. The number of carbonyl (C=O) groups excluding carboxylic acids is 1. The average molecular weight is 289 g/mol. The molecule has 0 aliphatic rings. The number of aromatic nitrogens is 3. The second kappa shape index (κ2) is 5.26. The summed E-state index contributed by atoms with van der Waals surface area (Å²) in [5.41, 5.74) is 1.23. The first-order chi connectivity index (χ1) is 9.72. The van der Waals surface area contributed by atoms with Gasteiger partial charge in [-0.05, 0) is 12.1 Å². The summed E-state index contributed by atoms with van der Waals surface area (Å²) in [5.74, 6) is 0.0379. The number of nitrogens with zero attached hydrogens (tertiary/aromatic N) is 3. The van der Waals surface area contributed by atoms with Crippen molar-refractivity contribution in [1.82, 2.24) is 15.1 Å². The highest BCUT2D eigenvalue weighted by Gasteiger charge is 2.12. The Hall–Kier alpha value is -2.47. The van der Waals surface area contributed by atoms with Crippen LogP contribution in [-0.2, 0) is 11.2 Å². The van der Waals surface area contributed by atoms with Crippen molar-refractivity contribution >= 4 is 34.3 Å². The Kier molecular flexibility index (Phi) is 3.30. The Labute approximate surface area is 118 Å². The summed E-state index contributed by atoms with van der Waals surface area (Å²) in [6.45, 7) is 0. The molecule has 0 bridgehead atoms. The average Bonchev–Trinajstić information content (AvgIpc) is 2.82. The predicted octanol–water partition coefficient (Wildman–Crippen LogP) is 2.45. The highest BCUT2D eigenvalue weighted by Crippen LogP contribution is 2.18. The number of hydrogen-bond donors (Lipinski definition) is 1. The Morgan fingerprint density at radius 1 is 1.30 bits per heavy atom. The van der Waals surface area contributed by atoms with E-state index in [-0.39, 0.29) is 17.5 Å². The molecule has 20 heavy (non-hydrogen) atoms. The van der Waals surface area contributed by atoms with Gasteiger partial charge in [-0.2, -0.15) is 0 Å². The van der Waals surface area contributed by atoms with Crippen LogP contribution in [0.5, 0.6) is 0 Å². The number of benzene rings is 1. The highest BCUT2D eigenvalue weighted by molar-refractivity contribution is 6.29. The van der Waals surface area contributed by atoms with Crippen LogP contribution in [0.1, 0.15) is 5.69 Å². The zero-order valence-corrected chi connectivity index (χ0v) is 11.0. The molecule has 0 spiro atoms. The Morgan fingerprint density at radius 2 is 2.15 bits per heavy atom. The first-order valence-electron chi connectivity index (χ1n) is 5.83. The summed E-state index contributed by atoms with van der Waals surface area (Å²) in [4.78, 5) is 19.7. The molecule has 7 heteroatoms. The molecule has 0 unspecified atom stereocenters. The molecule has 0 aliphatic carbocycles. The van der Waals surface area contributed by atoms with Gasteiger partial charge in [0.15, 0.2) is 11.4 Å². The van der Waals surface area contributed by atoms with Crippen LogP contribution in [0.4, 0.5) is 5.82 Å². The third kappa shape index (κ3) is 2.60. The van der Waals surface area contributed by atoms with Crippen molar-refractivity contribution in [2.24, 2.45) is 0 Å². The van der Waals surface area contributed by atoms with Crippen LogP contribution in [-0.4, -0.2) is 21.0 Å². The van der Waals surface area contributed by atoms with Gasteiger partial charge in [0.2, 0.25) is 5.91 Å². The van der Waals surface area contributed by atoms with Gasteiger partial charge in [0.1, 0.15) is 10.8 Å². The number of nitrogens with one attached hydrogen (secondary N) is 1. The van der Waals surface area contributed by atoms with Gasteiger partial charge in [-0.1, -0.05) is 28.9 Å². The van der Waals surface area contributed by atoms with Crippen molar-refractivity contribution in [1.29, 1.82) is 0 Å². The quantitative estimate of drug-likeness (QED) is 0.800. The zero-order valence-electron chi connectivity index (χ0n) is 10.2. The maximum atomic E-state index is 11.9. The maximum Gasteiger partial charge on any atom is 0.231 e. The molecule has 100 valence electrons. The smallest absolute Gasteiger partial charge is 0.231 e. The summed E-state index contributed by atoms with van der Waals surface area (Å²) in [6.07, 6.45) is 2.90. The lowest BCUT2D eigenvalue weighted by Crippen LogP contribution is -2.15. The number of amides is 1. The van der Waals surface area contributed by atoms with Gasteiger partial charge in [0.05, 0.1) is 18.8 Å². The molecule has 2 heterocycles. The van der Waals surface area contributed by atoms with Crippen LogP contribution in [0.2, 0.25) is 5.15 Å². The maximum absolute atomic E-state index is 11.9. The number of hydrogen-bond acceptors (Lipinski definition) is 5. The first-order valence-corrected chi connectivity index (χ1v) is 6.21. The van der Waals surface area contributed by atoms with E-state index < -0.39 is 0 Å². The van der Waals surface area contributed by atoms with Gasteiger partial charge in [0, 0.05) is 5.39 Å². The number of anilines is 1. The van der Waals surface area contributed by atoms with E-state index in [1.54, 1.807) is 6.07 Å². The van der Waals surface area contributed by atoms with Gasteiger partial charge < -0.3 is 9.84 Å². The normalized spacial score (nSPS) is 10.7. The lowest BCUT2D eigenvalue weighted by molar-refractivity contribution is -0.115. The van der Waals surface area contributed by atoms with Gasteiger partial charge in [-0.15, -0.1) is 0 Å². The van der Waals surface area contributed by atoms with Crippen LogP contribution in [0.25, 0.3) is 11.0 Å². The summed E-state index contributed by atoms with van der Waals surface area (Å²) in [6, 6.07) is 7.36. The lowest BCUT2D eigenvalue weighted by Gasteiger charge is -2.02. The summed E-state index contributed by atoms with van der Waals surface area (Å²) in [5, 5.41) is 7.54. The fourth-order valence-corrected chi connectivity index (χ4v) is 1.95. The molecule has 2 aromatic heterocycles. The zero-order chi connectivity index (χ0) is 13.9. The molecule has 0 fully saturated rings. The van der Waals surface area contributed by atoms with Crippen LogP contribution in [0.15, 0.2) is 41.2 Å². The van der Waals surface area contributed by atoms with Crippen LogP contribution in [0, 0.1) is 0 Å². The Balaban J connectivity index is 1.76. The molecule has 3 rings (SSSR count). The van der Waals surface area contributed by atoms with E-state index in [1.165, 1.54) is 12.4 Å². The fourth-order valence-electron chi connectivity index (χ4n) is 1.81. The molecule has 0 saturated carbocycles. The van der Waals surface area contributed by atoms with E-state index in [0.29, 0.717) is 17.1 Å². The second-order valence-corrected chi connectivity index (χ2v) is 4.46. The van der Waals surface area contributed by atoms with E-state index >= 15 is 0 Å². The van der Waals surface area contributed by atoms with Crippen molar-refractivity contribution in [3.05, 3.63) is 47.5 Å². The summed E-state index contributed by atoms with van der Waals surface area (Å²) >= 11 is 5.70. The van der Waals surface area contributed by atoms with Crippen molar-refractivity contribution in [3.63, 3.8) is 0 Å². The second-order valence-electron chi connectivity index (χ2n) is 4.08. The third-order valence-corrected chi connectivity index (χ3v) is 2.83. The standard InChI is InChI=1S/C13H9ClN4O2/c14-11-6-15-7-12(16-11)17-13(19)5-9-8-3-1-2-4-10(8)20-18-9/h1-4,6-7H,5H2,(H,16,17,19). The molecule has 1 aromatic carbocycles. The third-order valence-electron chi connectivity index (χ3n) is 2.65. The van der Waals surface area contributed by atoms with E-state index in [0.717, 1.165) is 5.39 Å². The van der Waals surface area contributed by atoms with Crippen molar-refractivity contribution < 1.29 is 9.32 Å². The molecule has 1 N–H and O–H groups in total. The number of carbonyl (C=O) groups is 1. The first kappa shape index (κ1) is 12.6. The van der Waals surface area contributed by atoms with Crippen LogP contribution < -0.4 is 5.32 Å². The molecule has 0 radical (unpaired) electrons. The van der Waals surface area contributed by atoms with Gasteiger partial charge in [-0.3, -0.25) is 9.78 Å². The molecule has 1 amide bonds. The minimum atomic E-state index is -0.263. The Bertz CT molecular complexity index is 772. The van der Waals surface area contributed by atoms with E-state index in [4.69, 9.17) is 16.1 Å². The predicted molar refractivity (Wildman–Crippen MR) is 73.4 cm³/mol. The SMILES string of the molecule is O=C(Cc1noc2ccccc12)Nc1cncc(Cl)n1. The molecule has 0 aliphatic heterocycles. The number of rotatable bonds is 3. The highest BCUT2D eigenvalue weighted by atomic mass is 35.5. The number of para-hydroxylation sites is 1. The van der Waals surface area contributed by atoms with E-state index in [9.17, 15) is 4.79 Å². The van der Waals surface area contributed by atoms with Gasteiger partial charge in [0.25, 0.3) is 0 Å². The molecule has 0 saturated heterocycles. The van der Waals surface area contributed by atoms with Gasteiger partial charge in [-0.25, -0.2) is 4.98 Å². The van der Waals surface area contributed by atoms with Gasteiger partial charge >= 0.3 is 0 Å². The minimum Gasteiger partial charge on any atom is -0.356 e. The number of halogens is 1. The van der Waals surface area contributed by atoms with Crippen molar-refractivity contribution in [2.45, 2.75) is 6.42 Å². The van der Waals surface area contributed by atoms with E-state index in [2.05, 4.69) is 20.4 Å².